The zero-order valence-electron chi connectivity index (χ0n) is 50.6. The lowest BCUT2D eigenvalue weighted by atomic mass is 10.1. The highest BCUT2D eigenvalue weighted by Gasteiger charge is 2.24. The van der Waals surface area contributed by atoms with E-state index in [1.54, 1.807) is 48.8 Å². The van der Waals surface area contributed by atoms with Gasteiger partial charge in [-0.25, -0.2) is 29.9 Å². The highest BCUT2D eigenvalue weighted by atomic mass is 35.5. The maximum Gasteiger partial charge on any atom is 0.247 e. The molecule has 2 aliphatic rings. The smallest absolute Gasteiger partial charge is 0.247 e. The largest absolute Gasteiger partial charge is 0.495 e. The quantitative estimate of drug-likeness (QED) is 0.0222. The van der Waals surface area contributed by atoms with E-state index >= 15 is 0 Å². The van der Waals surface area contributed by atoms with Gasteiger partial charge >= 0.3 is 0 Å². The maximum atomic E-state index is 12.3. The van der Waals surface area contributed by atoms with Crippen LogP contribution in [0, 0.1) is 0 Å². The Hall–Kier alpha value is -8.87. The Morgan fingerprint density at radius 1 is 0.538 bits per heavy atom. The fourth-order valence-electron chi connectivity index (χ4n) is 9.38. The van der Waals surface area contributed by atoms with Crippen LogP contribution in [0.5, 0.6) is 34.5 Å². The van der Waals surface area contributed by atoms with Gasteiger partial charge in [0.05, 0.1) is 74.0 Å². The summed E-state index contributed by atoms with van der Waals surface area (Å²) in [5.74, 6) is 4.59. The van der Waals surface area contributed by atoms with Crippen LogP contribution >= 0.6 is 58.0 Å². The van der Waals surface area contributed by atoms with Crippen LogP contribution in [-0.4, -0.2) is 132 Å². The second kappa shape index (κ2) is 32.7. The Labute approximate surface area is 552 Å². The number of aromatic nitrogens is 6. The van der Waals surface area contributed by atoms with E-state index in [4.69, 9.17) is 92.2 Å². The van der Waals surface area contributed by atoms with Crippen LogP contribution in [0.3, 0.4) is 0 Å². The van der Waals surface area contributed by atoms with E-state index in [1.807, 2.05) is 48.5 Å². The lowest BCUT2D eigenvalue weighted by molar-refractivity contribution is -0.112. The van der Waals surface area contributed by atoms with Crippen molar-refractivity contribution in [3.63, 3.8) is 0 Å². The number of nitrogen functional groups attached to an aromatic ring is 1. The Morgan fingerprint density at radius 2 is 0.945 bits per heavy atom. The van der Waals surface area contributed by atoms with Gasteiger partial charge in [0.15, 0.2) is 0 Å². The number of nitrogens with one attached hydrogen (secondary N) is 5. The summed E-state index contributed by atoms with van der Waals surface area (Å²) in [4.78, 5) is 53.1. The minimum absolute atomic E-state index is 0.109. The van der Waals surface area contributed by atoms with Crippen molar-refractivity contribution in [2.45, 2.75) is 37.9 Å². The number of allylic oxidation sites excluding steroid dienone is 1. The molecule has 0 saturated carbocycles. The van der Waals surface area contributed by atoms with Crippen molar-refractivity contribution in [3.8, 4) is 57.0 Å². The molecule has 0 atom stereocenters. The number of nitrogens with two attached hydrogens (primary N) is 1. The van der Waals surface area contributed by atoms with Crippen molar-refractivity contribution in [2.24, 2.45) is 0 Å². The predicted octanol–water partition coefficient (Wildman–Crippen LogP) is 14.3. The molecule has 8 aromatic rings. The molecule has 10 rings (SSSR count). The van der Waals surface area contributed by atoms with E-state index < -0.39 is 5.24 Å². The molecule has 0 radical (unpaired) electrons. The van der Waals surface area contributed by atoms with E-state index in [2.05, 4.69) is 93.5 Å². The predicted molar refractivity (Wildman–Crippen MR) is 362 cm³/mol. The highest BCUT2D eigenvalue weighted by Crippen LogP contribution is 2.48. The van der Waals surface area contributed by atoms with Gasteiger partial charge in [-0.3, -0.25) is 9.59 Å². The number of pyridine rings is 2. The zero-order valence-corrected chi connectivity index (χ0v) is 54.4. The summed E-state index contributed by atoms with van der Waals surface area (Å²) in [5.41, 5.74) is 12.0. The zero-order chi connectivity index (χ0) is 65.1. The van der Waals surface area contributed by atoms with Crippen LogP contribution in [0.1, 0.15) is 25.7 Å². The Balaban J connectivity index is 0.000000219. The summed E-state index contributed by atoms with van der Waals surface area (Å²) in [5, 5.41) is 16.5. The van der Waals surface area contributed by atoms with E-state index in [9.17, 15) is 9.59 Å². The molecule has 1 amide bonds. The van der Waals surface area contributed by atoms with E-state index in [0.29, 0.717) is 119 Å². The van der Waals surface area contributed by atoms with Crippen molar-refractivity contribution >= 4 is 127 Å². The number of likely N-dealkylation sites (tertiary alicyclic amines) is 2. The number of halogens is 5. The van der Waals surface area contributed by atoms with Gasteiger partial charge in [0.2, 0.25) is 11.1 Å². The van der Waals surface area contributed by atoms with Gasteiger partial charge in [-0.05, 0) is 112 Å². The number of carbonyl (C=O) groups is 2. The van der Waals surface area contributed by atoms with Crippen LogP contribution in [0.2, 0.25) is 20.1 Å². The molecule has 2 aliphatic heterocycles. The molecule has 0 bridgehead atoms. The molecule has 0 aliphatic carbocycles. The molecule has 2 fully saturated rings. The number of rotatable bonds is 21. The van der Waals surface area contributed by atoms with Crippen molar-refractivity contribution < 1.29 is 38.0 Å². The molecule has 0 spiro atoms. The van der Waals surface area contributed by atoms with Crippen molar-refractivity contribution in [3.05, 3.63) is 155 Å². The van der Waals surface area contributed by atoms with E-state index in [-0.39, 0.29) is 28.2 Å². The number of benzene rings is 4. The SMILES string of the molecule is C=CC(=O)Cl.C=CC(=O)Nc1cc(OC2CCN(C)CC2)ccc1Nc1cc(-c2cccnc2Nc2c(Cl)c(OC)cc(OC)c2Cl)ncn1.COc1cc(OC)c(Cl)c(Nc2ncccc2-c2cc(Nc3ccc(OC4CCN(C)CC4)cc3N)ncn2)c1Cl. The fourth-order valence-corrected chi connectivity index (χ4v) is 10.6. The second-order valence-corrected chi connectivity index (χ2v) is 22.2. The third kappa shape index (κ3) is 18.2. The topological polar surface area (TPSA) is 260 Å². The average Bonchev–Trinajstić information content (AvgIpc) is 0.900. The summed E-state index contributed by atoms with van der Waals surface area (Å²) in [6, 6.07) is 25.3. The molecular weight excluding hydrogens is 1270 g/mol. The highest BCUT2D eigenvalue weighted by molar-refractivity contribution is 6.66. The van der Waals surface area contributed by atoms with E-state index in [0.717, 1.165) is 63.7 Å². The number of amides is 1. The van der Waals surface area contributed by atoms with Crippen molar-refractivity contribution in [2.75, 3.05) is 101 Å². The van der Waals surface area contributed by atoms with Crippen LogP contribution in [0.25, 0.3) is 22.5 Å². The summed E-state index contributed by atoms with van der Waals surface area (Å²) >= 11 is 31.1. The van der Waals surface area contributed by atoms with Crippen LogP contribution in [-0.2, 0) is 9.59 Å². The molecule has 22 nitrogen and oxygen atoms in total. The maximum absolute atomic E-state index is 12.3. The first-order valence-corrected chi connectivity index (χ1v) is 30.1. The van der Waals surface area contributed by atoms with Gasteiger partial charge in [0, 0.05) is 86.1 Å². The average molecular weight is 1340 g/mol. The first kappa shape index (κ1) is 68.0. The third-order valence-corrected chi connectivity index (χ3v) is 15.9. The van der Waals surface area contributed by atoms with Crippen LogP contribution in [0.15, 0.2) is 135 Å². The molecule has 4 aromatic carbocycles. The van der Waals surface area contributed by atoms with Gasteiger partial charge in [0.25, 0.3) is 0 Å². The van der Waals surface area contributed by atoms with Crippen molar-refractivity contribution in [1.82, 2.24) is 39.7 Å². The number of carbonyl (C=O) groups excluding carboxylic acids is 2. The molecule has 6 heterocycles. The number of anilines is 10. The van der Waals surface area contributed by atoms with Crippen LogP contribution < -0.4 is 60.7 Å². The molecule has 0 unspecified atom stereocenters. The molecule has 7 N–H and O–H groups in total. The fraction of sp³-hybridized carbons (Fsp3) is 0.250. The van der Waals surface area contributed by atoms with E-state index in [1.165, 1.54) is 47.2 Å². The lowest BCUT2D eigenvalue weighted by Gasteiger charge is -2.29. The standard InChI is InChI=1S/C32H33Cl2N7O4.C29H31Cl2N7O3.C3H3ClO/c1-5-28(42)39-24-15-20(45-19-10-13-41(2)14-11-19)8-9-22(24)38-27-16-23(36-18-37-27)21-7-6-12-35-32(21)40-31-29(33)25(43-3)17-26(44-4)30(31)34;1-38-11-8-17(9-12-38)41-18-6-7-21(20(32)13-18)36-25-14-22(34-16-35-25)19-5-4-10-33-29(19)37-28-26(30)23(39-2)15-24(40-3)27(28)31;1-2-3(4)5/h5-9,12,15-19H,1,10-11,13-14H2,2-4H3,(H,35,40)(H,39,42)(H,36,37,38);4-7,10,13-17H,8-9,11-12,32H2,1-3H3,(H,33,37)(H,34,35,36);2H,1H2. The number of hydrogen-bond acceptors (Lipinski definition) is 21. The summed E-state index contributed by atoms with van der Waals surface area (Å²) in [7, 11) is 10.3. The number of hydrogen-bond donors (Lipinski definition) is 6. The van der Waals surface area contributed by atoms with Crippen molar-refractivity contribution in [1.29, 1.82) is 0 Å². The Kier molecular flexibility index (Phi) is 24.5. The third-order valence-electron chi connectivity index (χ3n) is 14.2. The first-order valence-electron chi connectivity index (χ1n) is 28.2. The molecule has 476 valence electrons. The number of ether oxygens (including phenoxy) is 6. The molecule has 2 saturated heterocycles. The monoisotopic (exact) mass is 1330 g/mol. The van der Waals surface area contributed by atoms with Crippen LogP contribution in [0.4, 0.5) is 57.4 Å². The van der Waals surface area contributed by atoms with Gasteiger partial charge in [-0.2, -0.15) is 0 Å². The minimum atomic E-state index is -0.509. The number of piperidine rings is 2. The summed E-state index contributed by atoms with van der Waals surface area (Å²) < 4.78 is 34.0. The summed E-state index contributed by atoms with van der Waals surface area (Å²) in [6.07, 6.45) is 12.6. The molecular formula is C64H67Cl5N14O8. The van der Waals surface area contributed by atoms with Gasteiger partial charge in [0.1, 0.15) is 103 Å². The summed E-state index contributed by atoms with van der Waals surface area (Å²) in [6.45, 7) is 10.7. The number of methoxy groups -OCH3 is 4. The van der Waals surface area contributed by atoms with Gasteiger partial charge in [-0.1, -0.05) is 59.6 Å². The first-order chi connectivity index (χ1) is 43.9. The Morgan fingerprint density at radius 3 is 1.34 bits per heavy atom. The molecule has 91 heavy (non-hydrogen) atoms. The normalized spacial score (nSPS) is 13.4. The molecule has 27 heteroatoms. The van der Waals surface area contributed by atoms with Gasteiger partial charge in [-0.15, -0.1) is 0 Å². The minimum Gasteiger partial charge on any atom is -0.495 e. The lowest BCUT2D eigenvalue weighted by Crippen LogP contribution is -2.35. The molecule has 4 aromatic heterocycles. The van der Waals surface area contributed by atoms with Gasteiger partial charge < -0.3 is 70.5 Å². The second-order valence-electron chi connectivity index (χ2n) is 20.3. The Bertz CT molecular complexity index is 3820. The number of nitrogens with zero attached hydrogens (tertiary/aromatic N) is 8.